The zero-order chi connectivity index (χ0) is 14.4. The highest BCUT2D eigenvalue weighted by molar-refractivity contribution is 9.10. The Morgan fingerprint density at radius 2 is 2.10 bits per heavy atom. The number of rotatable bonds is 7. The summed E-state index contributed by atoms with van der Waals surface area (Å²) in [7, 11) is 2.00. The highest BCUT2D eigenvalue weighted by atomic mass is 79.9. The van der Waals surface area contributed by atoms with Crippen LogP contribution in [-0.2, 0) is 13.0 Å². The Kier molecular flexibility index (Phi) is 6.06. The first-order chi connectivity index (χ1) is 9.72. The molecule has 4 nitrogen and oxygen atoms in total. The third-order valence-electron chi connectivity index (χ3n) is 3.10. The standard InChI is InChI=1S/C14H19BrN4S/c1-3-19-14(17-10-18-19)8-12(16-2)9-20-13-6-4-11(15)5-7-13/h4-7,10,12,16H,3,8-9H2,1-2H3. The summed E-state index contributed by atoms with van der Waals surface area (Å²) in [6.07, 6.45) is 2.53. The van der Waals surface area contributed by atoms with Gasteiger partial charge >= 0.3 is 0 Å². The fourth-order valence-corrected chi connectivity index (χ4v) is 3.17. The lowest BCUT2D eigenvalue weighted by Gasteiger charge is -2.15. The predicted octanol–water partition coefficient (Wildman–Crippen LogP) is 2.98. The second-order valence-electron chi connectivity index (χ2n) is 4.45. The lowest BCUT2D eigenvalue weighted by molar-refractivity contribution is 0.549. The molecular formula is C14H19BrN4S. The molecule has 0 aliphatic heterocycles. The van der Waals surface area contributed by atoms with Crippen LogP contribution in [0.3, 0.4) is 0 Å². The molecule has 0 saturated carbocycles. The van der Waals surface area contributed by atoms with Gasteiger partial charge in [0.1, 0.15) is 12.2 Å². The van der Waals surface area contributed by atoms with Crippen LogP contribution < -0.4 is 5.32 Å². The largest absolute Gasteiger partial charge is 0.316 e. The van der Waals surface area contributed by atoms with E-state index in [-0.39, 0.29) is 0 Å². The highest BCUT2D eigenvalue weighted by Gasteiger charge is 2.12. The minimum Gasteiger partial charge on any atom is -0.316 e. The summed E-state index contributed by atoms with van der Waals surface area (Å²) in [5, 5.41) is 7.58. The first-order valence-electron chi connectivity index (χ1n) is 6.65. The number of hydrogen-bond donors (Lipinski definition) is 1. The minimum absolute atomic E-state index is 0.387. The van der Waals surface area contributed by atoms with Crippen molar-refractivity contribution in [3.05, 3.63) is 40.9 Å². The van der Waals surface area contributed by atoms with Crippen molar-refractivity contribution in [3.8, 4) is 0 Å². The molecule has 20 heavy (non-hydrogen) atoms. The van der Waals surface area contributed by atoms with Crippen molar-refractivity contribution in [2.75, 3.05) is 12.8 Å². The zero-order valence-corrected chi connectivity index (χ0v) is 14.1. The van der Waals surface area contributed by atoms with Crippen LogP contribution in [-0.4, -0.2) is 33.6 Å². The molecule has 0 fully saturated rings. The van der Waals surface area contributed by atoms with E-state index in [2.05, 4.69) is 62.5 Å². The van der Waals surface area contributed by atoms with E-state index in [1.165, 1.54) is 4.90 Å². The fraction of sp³-hybridized carbons (Fsp3) is 0.429. The molecule has 0 aliphatic rings. The maximum absolute atomic E-state index is 4.34. The van der Waals surface area contributed by atoms with Gasteiger partial charge < -0.3 is 5.32 Å². The molecule has 0 spiro atoms. The summed E-state index contributed by atoms with van der Waals surface area (Å²) < 4.78 is 3.07. The summed E-state index contributed by atoms with van der Waals surface area (Å²) in [4.78, 5) is 5.62. The van der Waals surface area contributed by atoms with Gasteiger partial charge in [0.15, 0.2) is 0 Å². The van der Waals surface area contributed by atoms with Gasteiger partial charge in [-0.3, -0.25) is 4.68 Å². The van der Waals surface area contributed by atoms with E-state index in [0.29, 0.717) is 6.04 Å². The third-order valence-corrected chi connectivity index (χ3v) is 4.80. The lowest BCUT2D eigenvalue weighted by Crippen LogP contribution is -2.31. The molecule has 1 aromatic heterocycles. The van der Waals surface area contributed by atoms with Gasteiger partial charge in [0, 0.05) is 34.1 Å². The van der Waals surface area contributed by atoms with E-state index in [1.54, 1.807) is 6.33 Å². The predicted molar refractivity (Wildman–Crippen MR) is 87.1 cm³/mol. The van der Waals surface area contributed by atoms with Crippen LogP contribution in [0.1, 0.15) is 12.7 Å². The Morgan fingerprint density at radius 1 is 1.35 bits per heavy atom. The van der Waals surface area contributed by atoms with Crippen molar-refractivity contribution in [1.29, 1.82) is 0 Å². The molecule has 108 valence electrons. The molecule has 0 aliphatic carbocycles. The zero-order valence-electron chi connectivity index (χ0n) is 11.7. The number of aromatic nitrogens is 3. The summed E-state index contributed by atoms with van der Waals surface area (Å²) in [5.74, 6) is 2.05. The van der Waals surface area contributed by atoms with Gasteiger partial charge in [-0.15, -0.1) is 11.8 Å². The highest BCUT2D eigenvalue weighted by Crippen LogP contribution is 2.21. The van der Waals surface area contributed by atoms with Crippen molar-refractivity contribution in [3.63, 3.8) is 0 Å². The van der Waals surface area contributed by atoms with Gasteiger partial charge in [-0.05, 0) is 38.2 Å². The van der Waals surface area contributed by atoms with Gasteiger partial charge in [0.05, 0.1) is 0 Å². The number of aryl methyl sites for hydroxylation is 1. The molecule has 6 heteroatoms. The van der Waals surface area contributed by atoms with Crippen LogP contribution in [0.25, 0.3) is 0 Å². The Balaban J connectivity index is 1.90. The van der Waals surface area contributed by atoms with Crippen LogP contribution >= 0.6 is 27.7 Å². The van der Waals surface area contributed by atoms with Gasteiger partial charge in [-0.1, -0.05) is 15.9 Å². The smallest absolute Gasteiger partial charge is 0.138 e. The molecule has 1 heterocycles. The van der Waals surface area contributed by atoms with E-state index >= 15 is 0 Å². The van der Waals surface area contributed by atoms with Crippen molar-refractivity contribution in [2.24, 2.45) is 0 Å². The maximum Gasteiger partial charge on any atom is 0.138 e. The van der Waals surface area contributed by atoms with Crippen molar-refractivity contribution in [1.82, 2.24) is 20.1 Å². The number of nitrogens with zero attached hydrogens (tertiary/aromatic N) is 3. The molecule has 2 aromatic rings. The molecular weight excluding hydrogens is 336 g/mol. The van der Waals surface area contributed by atoms with E-state index in [9.17, 15) is 0 Å². The molecule has 0 bridgehead atoms. The summed E-state index contributed by atoms with van der Waals surface area (Å²) in [5.41, 5.74) is 0. The maximum atomic E-state index is 4.34. The first-order valence-corrected chi connectivity index (χ1v) is 8.43. The third kappa shape index (κ3) is 4.33. The quantitative estimate of drug-likeness (QED) is 0.776. The molecule has 1 aromatic carbocycles. The van der Waals surface area contributed by atoms with Crippen molar-refractivity contribution < 1.29 is 0 Å². The molecule has 1 N–H and O–H groups in total. The number of benzene rings is 1. The number of hydrogen-bond acceptors (Lipinski definition) is 4. The van der Waals surface area contributed by atoms with Crippen LogP contribution in [0.4, 0.5) is 0 Å². The van der Waals surface area contributed by atoms with E-state index < -0.39 is 0 Å². The lowest BCUT2D eigenvalue weighted by atomic mass is 10.2. The van der Waals surface area contributed by atoms with Gasteiger partial charge in [-0.25, -0.2) is 4.98 Å². The topological polar surface area (TPSA) is 42.7 Å². The summed E-state index contributed by atoms with van der Waals surface area (Å²) >= 11 is 5.31. The minimum atomic E-state index is 0.387. The summed E-state index contributed by atoms with van der Waals surface area (Å²) in [6, 6.07) is 8.80. The van der Waals surface area contributed by atoms with Gasteiger partial charge in [0.2, 0.25) is 0 Å². The number of thioether (sulfide) groups is 1. The Morgan fingerprint density at radius 3 is 2.75 bits per heavy atom. The molecule has 2 rings (SSSR count). The Labute approximate surface area is 132 Å². The van der Waals surface area contributed by atoms with Crippen LogP contribution in [0.15, 0.2) is 40.0 Å². The average Bonchev–Trinajstić information content (AvgIpc) is 2.92. The van der Waals surface area contributed by atoms with Crippen LogP contribution in [0.2, 0.25) is 0 Å². The molecule has 1 atom stereocenters. The fourth-order valence-electron chi connectivity index (χ4n) is 1.90. The average molecular weight is 355 g/mol. The first kappa shape index (κ1) is 15.5. The normalized spacial score (nSPS) is 12.6. The monoisotopic (exact) mass is 354 g/mol. The molecule has 0 saturated heterocycles. The van der Waals surface area contributed by atoms with Gasteiger partial charge in [-0.2, -0.15) is 5.10 Å². The second-order valence-corrected chi connectivity index (χ2v) is 6.46. The van der Waals surface area contributed by atoms with E-state index in [0.717, 1.165) is 29.0 Å². The second kappa shape index (κ2) is 7.81. The number of likely N-dealkylation sites (N-methyl/N-ethyl adjacent to an activating group) is 1. The van der Waals surface area contributed by atoms with Crippen LogP contribution in [0, 0.1) is 0 Å². The number of halogens is 1. The van der Waals surface area contributed by atoms with Crippen molar-refractivity contribution >= 4 is 27.7 Å². The van der Waals surface area contributed by atoms with E-state index in [1.807, 2.05) is 23.5 Å². The molecule has 0 radical (unpaired) electrons. The molecule has 0 amide bonds. The van der Waals surface area contributed by atoms with E-state index in [4.69, 9.17) is 0 Å². The SMILES string of the molecule is CCn1ncnc1CC(CSc1ccc(Br)cc1)NC. The van der Waals surface area contributed by atoms with Crippen LogP contribution in [0.5, 0.6) is 0 Å². The van der Waals surface area contributed by atoms with Gasteiger partial charge in [0.25, 0.3) is 0 Å². The Hall–Kier alpha value is -0.850. The van der Waals surface area contributed by atoms with Crippen molar-refractivity contribution in [2.45, 2.75) is 30.8 Å². The summed E-state index contributed by atoms with van der Waals surface area (Å²) in [6.45, 7) is 2.95. The number of nitrogens with one attached hydrogen (secondary N) is 1. The Bertz CT molecular complexity index is 526. The molecule has 1 unspecified atom stereocenters.